The first-order valence-corrected chi connectivity index (χ1v) is 5.78. The summed E-state index contributed by atoms with van der Waals surface area (Å²) in [5.41, 5.74) is 8.47. The summed E-state index contributed by atoms with van der Waals surface area (Å²) in [7, 11) is 0. The number of nitrogen functional groups attached to an aromatic ring is 1. The maximum absolute atomic E-state index is 13.2. The molecular weight excluding hydrogens is 221 g/mol. The molecule has 0 unspecified atom stereocenters. The second kappa shape index (κ2) is 5.14. The van der Waals surface area contributed by atoms with Gasteiger partial charge in [-0.05, 0) is 31.0 Å². The number of nitrogens with zero attached hydrogens (tertiary/aromatic N) is 1. The molecule has 1 aromatic rings. The molecule has 1 fully saturated rings. The molecule has 3 N–H and O–H groups in total. The van der Waals surface area contributed by atoms with Crippen molar-refractivity contribution >= 4 is 11.6 Å². The molecule has 0 atom stereocenters. The molecule has 1 aromatic carbocycles. The second-order valence-electron chi connectivity index (χ2n) is 4.22. The number of nitrogens with two attached hydrogens (primary N) is 1. The Hall–Kier alpha value is -1.62. The van der Waals surface area contributed by atoms with E-state index in [0.29, 0.717) is 5.56 Å². The molecule has 0 saturated carbocycles. The van der Waals surface area contributed by atoms with E-state index in [0.717, 1.165) is 32.0 Å². The lowest BCUT2D eigenvalue weighted by Gasteiger charge is -2.26. The van der Waals surface area contributed by atoms with Crippen molar-refractivity contribution < 1.29 is 9.18 Å². The average molecular weight is 237 g/mol. The number of carbonyl (C=O) groups is 1. The van der Waals surface area contributed by atoms with Crippen molar-refractivity contribution in [2.24, 2.45) is 0 Å². The van der Waals surface area contributed by atoms with Crippen LogP contribution in [0.15, 0.2) is 18.2 Å². The lowest BCUT2D eigenvalue weighted by Crippen LogP contribution is -2.45. The number of hydrogen-bond acceptors (Lipinski definition) is 3. The number of nitrogens with one attached hydrogen (secondary N) is 1. The molecule has 0 aliphatic carbocycles. The van der Waals surface area contributed by atoms with Crippen LogP contribution in [0.25, 0.3) is 0 Å². The third-order valence-corrected chi connectivity index (χ3v) is 2.88. The Morgan fingerprint density at radius 1 is 1.29 bits per heavy atom. The molecule has 2 rings (SSSR count). The van der Waals surface area contributed by atoms with Crippen LogP contribution in [0.5, 0.6) is 0 Å². The predicted octanol–water partition coefficient (Wildman–Crippen LogP) is 1.54. The number of piperidine rings is 1. The molecular formula is C12H16FN3O. The number of amides is 1. The fraction of sp³-hybridized carbons (Fsp3) is 0.417. The van der Waals surface area contributed by atoms with E-state index in [4.69, 9.17) is 5.73 Å². The Kier molecular flexibility index (Phi) is 3.58. The van der Waals surface area contributed by atoms with E-state index in [9.17, 15) is 9.18 Å². The van der Waals surface area contributed by atoms with Gasteiger partial charge in [0.1, 0.15) is 5.82 Å². The summed E-state index contributed by atoms with van der Waals surface area (Å²) in [6.07, 6.45) is 3.36. The van der Waals surface area contributed by atoms with Crippen LogP contribution in [0.1, 0.15) is 29.6 Å². The van der Waals surface area contributed by atoms with Gasteiger partial charge < -0.3 is 5.73 Å². The number of hydrogen-bond donors (Lipinski definition) is 2. The van der Waals surface area contributed by atoms with Crippen LogP contribution in [0.2, 0.25) is 0 Å². The quantitative estimate of drug-likeness (QED) is 0.767. The van der Waals surface area contributed by atoms with Gasteiger partial charge in [-0.3, -0.25) is 10.2 Å². The van der Waals surface area contributed by atoms with Gasteiger partial charge in [-0.15, -0.1) is 0 Å². The van der Waals surface area contributed by atoms with Gasteiger partial charge in [-0.2, -0.15) is 0 Å². The Bertz CT molecular complexity index is 416. The van der Waals surface area contributed by atoms with Gasteiger partial charge in [0.05, 0.1) is 5.69 Å². The lowest BCUT2D eigenvalue weighted by atomic mass is 10.1. The predicted molar refractivity (Wildman–Crippen MR) is 63.7 cm³/mol. The lowest BCUT2D eigenvalue weighted by molar-refractivity contribution is 0.0749. The van der Waals surface area contributed by atoms with Crippen LogP contribution < -0.4 is 11.2 Å². The largest absolute Gasteiger partial charge is 0.396 e. The van der Waals surface area contributed by atoms with E-state index in [1.165, 1.54) is 18.6 Å². The Balaban J connectivity index is 2.01. The zero-order chi connectivity index (χ0) is 12.3. The number of rotatable bonds is 2. The highest BCUT2D eigenvalue weighted by Crippen LogP contribution is 2.12. The minimum atomic E-state index is -0.559. The van der Waals surface area contributed by atoms with Gasteiger partial charge in [0, 0.05) is 18.7 Å². The minimum Gasteiger partial charge on any atom is -0.396 e. The van der Waals surface area contributed by atoms with Gasteiger partial charge >= 0.3 is 0 Å². The van der Waals surface area contributed by atoms with Crippen molar-refractivity contribution in [1.82, 2.24) is 10.4 Å². The summed E-state index contributed by atoms with van der Waals surface area (Å²) in [4.78, 5) is 11.8. The van der Waals surface area contributed by atoms with Crippen LogP contribution in [0.3, 0.4) is 0 Å². The van der Waals surface area contributed by atoms with Gasteiger partial charge in [-0.25, -0.2) is 9.40 Å². The summed E-state index contributed by atoms with van der Waals surface area (Å²) in [5, 5.41) is 1.88. The fourth-order valence-corrected chi connectivity index (χ4v) is 1.88. The molecule has 92 valence electrons. The summed E-state index contributed by atoms with van der Waals surface area (Å²) in [6, 6.07) is 4.09. The molecule has 1 saturated heterocycles. The van der Waals surface area contributed by atoms with Crippen molar-refractivity contribution in [3.63, 3.8) is 0 Å². The van der Waals surface area contributed by atoms with Gasteiger partial charge in [0.2, 0.25) is 0 Å². The highest BCUT2D eigenvalue weighted by molar-refractivity contribution is 5.94. The standard InChI is InChI=1S/C12H16FN3O/c13-10-8-9(4-5-11(10)14)12(17)15-16-6-2-1-3-7-16/h4-5,8H,1-3,6-7,14H2,(H,15,17). The number of anilines is 1. The molecule has 17 heavy (non-hydrogen) atoms. The molecule has 0 aromatic heterocycles. The third kappa shape index (κ3) is 2.94. The van der Waals surface area contributed by atoms with E-state index in [1.807, 2.05) is 5.01 Å². The van der Waals surface area contributed by atoms with Crippen LogP contribution in [-0.2, 0) is 0 Å². The molecule has 1 aliphatic rings. The van der Waals surface area contributed by atoms with Crippen LogP contribution in [0, 0.1) is 5.82 Å². The van der Waals surface area contributed by atoms with Crippen molar-refractivity contribution in [2.45, 2.75) is 19.3 Å². The first kappa shape index (κ1) is 11.9. The molecule has 0 spiro atoms. The molecule has 1 heterocycles. The second-order valence-corrected chi connectivity index (χ2v) is 4.22. The number of benzene rings is 1. The molecule has 4 nitrogen and oxygen atoms in total. The van der Waals surface area contributed by atoms with Crippen LogP contribution >= 0.6 is 0 Å². The number of carbonyl (C=O) groups excluding carboxylic acids is 1. The maximum atomic E-state index is 13.2. The van der Waals surface area contributed by atoms with Crippen molar-refractivity contribution in [3.05, 3.63) is 29.6 Å². The Morgan fingerprint density at radius 2 is 2.00 bits per heavy atom. The zero-order valence-electron chi connectivity index (χ0n) is 9.58. The van der Waals surface area contributed by atoms with Crippen LogP contribution in [-0.4, -0.2) is 24.0 Å². The highest BCUT2D eigenvalue weighted by Gasteiger charge is 2.14. The van der Waals surface area contributed by atoms with E-state index in [1.54, 1.807) is 0 Å². The zero-order valence-corrected chi connectivity index (χ0v) is 9.58. The van der Waals surface area contributed by atoms with Gasteiger partial charge in [0.15, 0.2) is 0 Å². The van der Waals surface area contributed by atoms with Crippen molar-refractivity contribution in [1.29, 1.82) is 0 Å². The number of halogens is 1. The molecule has 0 bridgehead atoms. The minimum absolute atomic E-state index is 0.0551. The Labute approximate surface area is 99.6 Å². The number of hydrazine groups is 1. The third-order valence-electron chi connectivity index (χ3n) is 2.88. The normalized spacial score (nSPS) is 16.8. The first-order chi connectivity index (χ1) is 8.16. The first-order valence-electron chi connectivity index (χ1n) is 5.78. The summed E-state index contributed by atoms with van der Waals surface area (Å²) in [5.74, 6) is -0.845. The molecule has 1 aliphatic heterocycles. The maximum Gasteiger partial charge on any atom is 0.265 e. The smallest absolute Gasteiger partial charge is 0.265 e. The average Bonchev–Trinajstić information content (AvgIpc) is 2.34. The molecule has 5 heteroatoms. The van der Waals surface area contributed by atoms with E-state index < -0.39 is 5.82 Å². The van der Waals surface area contributed by atoms with Gasteiger partial charge in [0.25, 0.3) is 5.91 Å². The monoisotopic (exact) mass is 237 g/mol. The van der Waals surface area contributed by atoms with Crippen LogP contribution in [0.4, 0.5) is 10.1 Å². The summed E-state index contributed by atoms with van der Waals surface area (Å²) in [6.45, 7) is 1.70. The fourth-order valence-electron chi connectivity index (χ4n) is 1.88. The van der Waals surface area contributed by atoms with Crippen molar-refractivity contribution in [3.8, 4) is 0 Å². The van der Waals surface area contributed by atoms with E-state index >= 15 is 0 Å². The van der Waals surface area contributed by atoms with E-state index in [2.05, 4.69) is 5.43 Å². The molecule has 0 radical (unpaired) electrons. The molecule has 1 amide bonds. The summed E-state index contributed by atoms with van der Waals surface area (Å²) >= 11 is 0. The SMILES string of the molecule is Nc1ccc(C(=O)NN2CCCCC2)cc1F. The van der Waals surface area contributed by atoms with Crippen molar-refractivity contribution in [2.75, 3.05) is 18.8 Å². The summed E-state index contributed by atoms with van der Waals surface area (Å²) < 4.78 is 13.2. The Morgan fingerprint density at radius 3 is 2.65 bits per heavy atom. The van der Waals surface area contributed by atoms with Gasteiger partial charge in [-0.1, -0.05) is 6.42 Å². The highest BCUT2D eigenvalue weighted by atomic mass is 19.1. The topological polar surface area (TPSA) is 58.4 Å². The van der Waals surface area contributed by atoms with E-state index in [-0.39, 0.29) is 11.6 Å².